The zero-order chi connectivity index (χ0) is 11.5. The molecule has 0 aliphatic carbocycles. The molecule has 1 aliphatic rings. The maximum absolute atomic E-state index is 8.17. The lowest BCUT2D eigenvalue weighted by Gasteiger charge is -2.34. The molecule has 1 N–H and O–H groups in total. The van der Waals surface area contributed by atoms with Crippen molar-refractivity contribution in [2.75, 3.05) is 33.2 Å². The molecule has 1 heterocycles. The van der Waals surface area contributed by atoms with Gasteiger partial charge in [0.15, 0.2) is 0 Å². The molecule has 1 aromatic carbocycles. The molecule has 4 heteroatoms. The average molecular weight is 282 g/mol. The first-order valence-corrected chi connectivity index (χ1v) is 6.24. The van der Waals surface area contributed by atoms with Crippen molar-refractivity contribution in [1.82, 2.24) is 9.80 Å². The van der Waals surface area contributed by atoms with Gasteiger partial charge in [0.1, 0.15) is 5.84 Å². The normalized spacial score (nSPS) is 17.5. The predicted molar refractivity (Wildman–Crippen MR) is 70.0 cm³/mol. The van der Waals surface area contributed by atoms with Gasteiger partial charge in [0, 0.05) is 36.2 Å². The summed E-state index contributed by atoms with van der Waals surface area (Å²) in [6, 6.07) is 7.96. The van der Waals surface area contributed by atoms with E-state index in [4.69, 9.17) is 5.41 Å². The van der Waals surface area contributed by atoms with Crippen molar-refractivity contribution in [2.45, 2.75) is 0 Å². The Balaban J connectivity index is 2.08. The van der Waals surface area contributed by atoms with Crippen LogP contribution in [-0.4, -0.2) is 48.9 Å². The van der Waals surface area contributed by atoms with E-state index < -0.39 is 0 Å². The fourth-order valence-electron chi connectivity index (χ4n) is 1.85. The summed E-state index contributed by atoms with van der Waals surface area (Å²) in [6.07, 6.45) is 0. The zero-order valence-corrected chi connectivity index (χ0v) is 11.0. The van der Waals surface area contributed by atoms with Gasteiger partial charge in [-0.05, 0) is 19.2 Å². The van der Waals surface area contributed by atoms with Crippen molar-refractivity contribution in [3.05, 3.63) is 34.3 Å². The van der Waals surface area contributed by atoms with E-state index >= 15 is 0 Å². The zero-order valence-electron chi connectivity index (χ0n) is 9.41. The van der Waals surface area contributed by atoms with E-state index in [1.807, 2.05) is 24.3 Å². The number of nitrogens with one attached hydrogen (secondary N) is 1. The van der Waals surface area contributed by atoms with Gasteiger partial charge >= 0.3 is 0 Å². The van der Waals surface area contributed by atoms with E-state index in [1.165, 1.54) is 0 Å². The Hall–Kier alpha value is -0.870. The van der Waals surface area contributed by atoms with Crippen molar-refractivity contribution in [1.29, 1.82) is 5.41 Å². The van der Waals surface area contributed by atoms with E-state index in [0.29, 0.717) is 5.84 Å². The van der Waals surface area contributed by atoms with Gasteiger partial charge in [0.25, 0.3) is 0 Å². The largest absolute Gasteiger partial charge is 0.354 e. The maximum atomic E-state index is 8.17. The van der Waals surface area contributed by atoms with Crippen LogP contribution in [0.3, 0.4) is 0 Å². The third kappa shape index (κ3) is 2.62. The molecule has 0 amide bonds. The summed E-state index contributed by atoms with van der Waals surface area (Å²) in [7, 11) is 2.13. The second-order valence-electron chi connectivity index (χ2n) is 4.15. The van der Waals surface area contributed by atoms with Crippen LogP contribution in [0.1, 0.15) is 5.56 Å². The highest BCUT2D eigenvalue weighted by molar-refractivity contribution is 9.10. The standard InChI is InChI=1S/C12H16BrN3/c1-15-5-7-16(8-6-15)12(14)10-3-2-4-11(13)9-10/h2-4,9,14H,5-8H2,1H3. The molecule has 86 valence electrons. The fourth-order valence-corrected chi connectivity index (χ4v) is 2.25. The Bertz CT molecular complexity index is 384. The predicted octanol–water partition coefficient (Wildman–Crippen LogP) is 2.02. The molecule has 1 saturated heterocycles. The number of nitrogens with zero attached hydrogens (tertiary/aromatic N) is 2. The Labute approximate surface area is 105 Å². The lowest BCUT2D eigenvalue weighted by Crippen LogP contribution is -2.47. The number of halogens is 1. The monoisotopic (exact) mass is 281 g/mol. The van der Waals surface area contributed by atoms with Crippen molar-refractivity contribution >= 4 is 21.8 Å². The molecule has 2 rings (SSSR count). The Kier molecular flexibility index (Phi) is 3.61. The van der Waals surface area contributed by atoms with Crippen LogP contribution in [0.15, 0.2) is 28.7 Å². The summed E-state index contributed by atoms with van der Waals surface area (Å²) in [4.78, 5) is 4.44. The molecule has 1 fully saturated rings. The van der Waals surface area contributed by atoms with Gasteiger partial charge in [-0.25, -0.2) is 0 Å². The van der Waals surface area contributed by atoms with Gasteiger partial charge in [-0.3, -0.25) is 5.41 Å². The SMILES string of the molecule is CN1CCN(C(=N)c2cccc(Br)c2)CC1. The minimum absolute atomic E-state index is 0.634. The van der Waals surface area contributed by atoms with Crippen LogP contribution >= 0.6 is 15.9 Å². The highest BCUT2D eigenvalue weighted by Crippen LogP contribution is 2.14. The number of hydrogen-bond acceptors (Lipinski definition) is 2. The average Bonchev–Trinajstić information content (AvgIpc) is 2.29. The third-order valence-electron chi connectivity index (χ3n) is 2.92. The summed E-state index contributed by atoms with van der Waals surface area (Å²) >= 11 is 3.44. The molecule has 0 atom stereocenters. The molecule has 0 bridgehead atoms. The molecule has 3 nitrogen and oxygen atoms in total. The van der Waals surface area contributed by atoms with E-state index in [9.17, 15) is 0 Å². The number of benzene rings is 1. The first-order valence-electron chi connectivity index (χ1n) is 5.45. The van der Waals surface area contributed by atoms with Crippen LogP contribution in [0, 0.1) is 5.41 Å². The molecular formula is C12H16BrN3. The highest BCUT2D eigenvalue weighted by Gasteiger charge is 2.17. The first kappa shape index (κ1) is 11.6. The molecule has 1 aromatic rings. The van der Waals surface area contributed by atoms with Crippen LogP contribution in [0.4, 0.5) is 0 Å². The number of amidine groups is 1. The maximum Gasteiger partial charge on any atom is 0.128 e. The summed E-state index contributed by atoms with van der Waals surface area (Å²) < 4.78 is 1.03. The minimum Gasteiger partial charge on any atom is -0.354 e. The van der Waals surface area contributed by atoms with Crippen LogP contribution in [0.2, 0.25) is 0 Å². The van der Waals surface area contributed by atoms with Gasteiger partial charge in [-0.2, -0.15) is 0 Å². The lowest BCUT2D eigenvalue weighted by atomic mass is 10.2. The first-order chi connectivity index (χ1) is 7.66. The molecule has 0 aromatic heterocycles. The topological polar surface area (TPSA) is 30.3 Å². The van der Waals surface area contributed by atoms with Crippen molar-refractivity contribution in [2.24, 2.45) is 0 Å². The lowest BCUT2D eigenvalue weighted by molar-refractivity contribution is 0.215. The molecule has 0 spiro atoms. The molecule has 0 saturated carbocycles. The van der Waals surface area contributed by atoms with Gasteiger partial charge in [-0.15, -0.1) is 0 Å². The molecule has 0 unspecified atom stereocenters. The molecule has 16 heavy (non-hydrogen) atoms. The van der Waals surface area contributed by atoms with Gasteiger partial charge in [0.05, 0.1) is 0 Å². The Morgan fingerprint density at radius 2 is 1.94 bits per heavy atom. The van der Waals surface area contributed by atoms with E-state index in [-0.39, 0.29) is 0 Å². The Morgan fingerprint density at radius 3 is 2.56 bits per heavy atom. The smallest absolute Gasteiger partial charge is 0.128 e. The van der Waals surface area contributed by atoms with Gasteiger partial charge in [0.2, 0.25) is 0 Å². The van der Waals surface area contributed by atoms with Crippen LogP contribution in [0.5, 0.6) is 0 Å². The molecule has 1 aliphatic heterocycles. The van der Waals surface area contributed by atoms with Crippen molar-refractivity contribution < 1.29 is 0 Å². The number of likely N-dealkylation sites (N-methyl/N-ethyl adjacent to an activating group) is 1. The fraction of sp³-hybridized carbons (Fsp3) is 0.417. The van der Waals surface area contributed by atoms with E-state index in [2.05, 4.69) is 32.8 Å². The Morgan fingerprint density at radius 1 is 1.25 bits per heavy atom. The second-order valence-corrected chi connectivity index (χ2v) is 5.06. The van der Waals surface area contributed by atoms with E-state index in [0.717, 1.165) is 36.2 Å². The molecular weight excluding hydrogens is 266 g/mol. The molecule has 0 radical (unpaired) electrons. The summed E-state index contributed by atoms with van der Waals surface area (Å²) in [5.41, 5.74) is 0.985. The van der Waals surface area contributed by atoms with Crippen molar-refractivity contribution in [3.8, 4) is 0 Å². The summed E-state index contributed by atoms with van der Waals surface area (Å²) in [6.45, 7) is 3.97. The van der Waals surface area contributed by atoms with Gasteiger partial charge in [-0.1, -0.05) is 28.1 Å². The minimum atomic E-state index is 0.634. The van der Waals surface area contributed by atoms with Crippen LogP contribution in [-0.2, 0) is 0 Å². The number of rotatable bonds is 1. The van der Waals surface area contributed by atoms with Crippen molar-refractivity contribution in [3.63, 3.8) is 0 Å². The summed E-state index contributed by atoms with van der Waals surface area (Å²) in [5, 5.41) is 8.17. The summed E-state index contributed by atoms with van der Waals surface area (Å²) in [5.74, 6) is 0.634. The van der Waals surface area contributed by atoms with Crippen LogP contribution in [0.25, 0.3) is 0 Å². The third-order valence-corrected chi connectivity index (χ3v) is 3.41. The number of piperazine rings is 1. The second kappa shape index (κ2) is 4.97. The number of hydrogen-bond donors (Lipinski definition) is 1. The van der Waals surface area contributed by atoms with Gasteiger partial charge < -0.3 is 9.80 Å². The van der Waals surface area contributed by atoms with Crippen LogP contribution < -0.4 is 0 Å². The highest BCUT2D eigenvalue weighted by atomic mass is 79.9. The van der Waals surface area contributed by atoms with E-state index in [1.54, 1.807) is 0 Å². The quantitative estimate of drug-likeness (QED) is 0.631.